The number of carbonyl (C=O) groups is 2. The Kier molecular flexibility index (Phi) is 5.37. The van der Waals surface area contributed by atoms with Crippen molar-refractivity contribution in [2.75, 3.05) is 13.1 Å². The van der Waals surface area contributed by atoms with Gasteiger partial charge in [0.2, 0.25) is 11.8 Å². The lowest BCUT2D eigenvalue weighted by atomic mass is 10.1. The van der Waals surface area contributed by atoms with Crippen LogP contribution < -0.4 is 10.6 Å². The molecule has 5 heteroatoms. The first-order valence-electron chi connectivity index (χ1n) is 7.29. The number of aryl methyl sites for hydroxylation is 1. The molecule has 0 saturated carbocycles. The molecule has 0 bridgehead atoms. The number of carbonyl (C=O) groups excluding carboxylic acids is 2. The number of H-pyrrole nitrogens is 1. The molecular weight excluding hydrogens is 266 g/mol. The zero-order chi connectivity index (χ0) is 15.1. The maximum Gasteiger partial charge on any atom is 0.239 e. The zero-order valence-corrected chi connectivity index (χ0v) is 12.2. The summed E-state index contributed by atoms with van der Waals surface area (Å²) in [6.45, 7) is 2.68. The van der Waals surface area contributed by atoms with Gasteiger partial charge >= 0.3 is 0 Å². The van der Waals surface area contributed by atoms with Gasteiger partial charge in [-0.1, -0.05) is 25.1 Å². The van der Waals surface area contributed by atoms with Gasteiger partial charge in [0.15, 0.2) is 0 Å². The van der Waals surface area contributed by atoms with Gasteiger partial charge in [-0.25, -0.2) is 0 Å². The Labute approximate surface area is 124 Å². The second-order valence-corrected chi connectivity index (χ2v) is 4.99. The SMILES string of the molecule is CCCNC(=O)CNC(=O)CCc1c[nH]c2ccccc12. The van der Waals surface area contributed by atoms with Crippen LogP contribution in [0, 0.1) is 0 Å². The monoisotopic (exact) mass is 287 g/mol. The molecule has 0 atom stereocenters. The van der Waals surface area contributed by atoms with Crippen LogP contribution in [0.5, 0.6) is 0 Å². The second kappa shape index (κ2) is 7.47. The molecule has 2 rings (SSSR count). The van der Waals surface area contributed by atoms with E-state index < -0.39 is 0 Å². The number of aromatic nitrogens is 1. The minimum absolute atomic E-state index is 0.0483. The molecule has 21 heavy (non-hydrogen) atoms. The molecule has 0 spiro atoms. The van der Waals surface area contributed by atoms with Crippen molar-refractivity contribution in [1.29, 1.82) is 0 Å². The minimum Gasteiger partial charge on any atom is -0.361 e. The van der Waals surface area contributed by atoms with Crippen LogP contribution in [0.25, 0.3) is 10.9 Å². The van der Waals surface area contributed by atoms with E-state index in [1.807, 2.05) is 37.4 Å². The number of rotatable bonds is 7. The molecule has 1 aromatic heterocycles. The highest BCUT2D eigenvalue weighted by Crippen LogP contribution is 2.18. The maximum absolute atomic E-state index is 11.8. The van der Waals surface area contributed by atoms with Gasteiger partial charge in [-0.05, 0) is 24.5 Å². The highest BCUT2D eigenvalue weighted by Gasteiger charge is 2.08. The van der Waals surface area contributed by atoms with Crippen molar-refractivity contribution in [3.05, 3.63) is 36.0 Å². The lowest BCUT2D eigenvalue weighted by Crippen LogP contribution is -2.37. The summed E-state index contributed by atoms with van der Waals surface area (Å²) in [7, 11) is 0. The predicted molar refractivity (Wildman–Crippen MR) is 82.9 cm³/mol. The zero-order valence-electron chi connectivity index (χ0n) is 12.2. The molecule has 2 amide bonds. The largest absolute Gasteiger partial charge is 0.361 e. The first-order valence-corrected chi connectivity index (χ1v) is 7.29. The fraction of sp³-hybridized carbons (Fsp3) is 0.375. The summed E-state index contributed by atoms with van der Waals surface area (Å²) in [5, 5.41) is 6.51. The van der Waals surface area contributed by atoms with Crippen LogP contribution in [0.3, 0.4) is 0 Å². The van der Waals surface area contributed by atoms with Gasteiger partial charge in [0, 0.05) is 30.1 Å². The van der Waals surface area contributed by atoms with Crippen LogP contribution in [0.1, 0.15) is 25.3 Å². The third kappa shape index (κ3) is 4.34. The number of nitrogens with one attached hydrogen (secondary N) is 3. The molecule has 1 aromatic carbocycles. The van der Waals surface area contributed by atoms with Crippen molar-refractivity contribution in [2.45, 2.75) is 26.2 Å². The fourth-order valence-corrected chi connectivity index (χ4v) is 2.18. The minimum atomic E-state index is -0.141. The molecule has 2 aromatic rings. The van der Waals surface area contributed by atoms with Crippen molar-refractivity contribution < 1.29 is 9.59 Å². The van der Waals surface area contributed by atoms with E-state index >= 15 is 0 Å². The topological polar surface area (TPSA) is 74.0 Å². The maximum atomic E-state index is 11.8. The molecule has 112 valence electrons. The molecule has 0 saturated heterocycles. The Morgan fingerprint density at radius 3 is 2.76 bits per heavy atom. The average molecular weight is 287 g/mol. The van der Waals surface area contributed by atoms with Crippen LogP contribution in [0.4, 0.5) is 0 Å². The fourth-order valence-electron chi connectivity index (χ4n) is 2.18. The Morgan fingerprint density at radius 1 is 1.14 bits per heavy atom. The van der Waals surface area contributed by atoms with Gasteiger partial charge in [-0.3, -0.25) is 9.59 Å². The van der Waals surface area contributed by atoms with E-state index in [1.54, 1.807) is 0 Å². The average Bonchev–Trinajstić information content (AvgIpc) is 2.92. The van der Waals surface area contributed by atoms with Crippen molar-refractivity contribution in [3.63, 3.8) is 0 Å². The number of benzene rings is 1. The molecule has 0 radical (unpaired) electrons. The van der Waals surface area contributed by atoms with E-state index in [-0.39, 0.29) is 18.4 Å². The van der Waals surface area contributed by atoms with Crippen LogP contribution in [0.2, 0.25) is 0 Å². The number of hydrogen-bond acceptors (Lipinski definition) is 2. The summed E-state index contributed by atoms with van der Waals surface area (Å²) in [4.78, 5) is 26.3. The van der Waals surface area contributed by atoms with Gasteiger partial charge in [0.05, 0.1) is 6.54 Å². The van der Waals surface area contributed by atoms with Crippen molar-refractivity contribution in [3.8, 4) is 0 Å². The molecular formula is C16H21N3O2. The quantitative estimate of drug-likeness (QED) is 0.725. The highest BCUT2D eigenvalue weighted by molar-refractivity contribution is 5.86. The van der Waals surface area contributed by atoms with Crippen molar-refractivity contribution in [1.82, 2.24) is 15.6 Å². The molecule has 0 aliphatic rings. The third-order valence-electron chi connectivity index (χ3n) is 3.31. The molecule has 0 aliphatic carbocycles. The Balaban J connectivity index is 1.77. The molecule has 0 unspecified atom stereocenters. The highest BCUT2D eigenvalue weighted by atomic mass is 16.2. The van der Waals surface area contributed by atoms with E-state index in [0.29, 0.717) is 19.4 Å². The second-order valence-electron chi connectivity index (χ2n) is 4.99. The van der Waals surface area contributed by atoms with E-state index in [9.17, 15) is 9.59 Å². The third-order valence-corrected chi connectivity index (χ3v) is 3.31. The van der Waals surface area contributed by atoms with Crippen LogP contribution in [-0.4, -0.2) is 29.9 Å². The number of hydrogen-bond donors (Lipinski definition) is 3. The lowest BCUT2D eigenvalue weighted by molar-refractivity contribution is -0.126. The van der Waals surface area contributed by atoms with Gasteiger partial charge < -0.3 is 15.6 Å². The van der Waals surface area contributed by atoms with Gasteiger partial charge in [-0.2, -0.15) is 0 Å². The number of aromatic amines is 1. The van der Waals surface area contributed by atoms with Gasteiger partial charge in [0.1, 0.15) is 0 Å². The van der Waals surface area contributed by atoms with Gasteiger partial charge in [-0.15, -0.1) is 0 Å². The number of para-hydroxylation sites is 1. The predicted octanol–water partition coefficient (Wildman–Crippen LogP) is 1.74. The number of amides is 2. The molecule has 3 N–H and O–H groups in total. The molecule has 5 nitrogen and oxygen atoms in total. The summed E-state index contributed by atoms with van der Waals surface area (Å²) in [6, 6.07) is 8.01. The van der Waals surface area contributed by atoms with Gasteiger partial charge in [0.25, 0.3) is 0 Å². The molecule has 0 aliphatic heterocycles. The van der Waals surface area contributed by atoms with Crippen LogP contribution in [0.15, 0.2) is 30.5 Å². The summed E-state index contributed by atoms with van der Waals surface area (Å²) in [5.41, 5.74) is 2.20. The Morgan fingerprint density at radius 2 is 1.95 bits per heavy atom. The van der Waals surface area contributed by atoms with E-state index in [1.165, 1.54) is 0 Å². The first kappa shape index (κ1) is 15.1. The number of fused-ring (bicyclic) bond motifs is 1. The smallest absolute Gasteiger partial charge is 0.239 e. The van der Waals surface area contributed by atoms with E-state index in [0.717, 1.165) is 22.9 Å². The van der Waals surface area contributed by atoms with E-state index in [4.69, 9.17) is 0 Å². The van der Waals surface area contributed by atoms with Crippen LogP contribution in [-0.2, 0) is 16.0 Å². The van der Waals surface area contributed by atoms with Crippen molar-refractivity contribution in [2.24, 2.45) is 0 Å². The van der Waals surface area contributed by atoms with Crippen molar-refractivity contribution >= 4 is 22.7 Å². The normalized spacial score (nSPS) is 10.5. The summed E-state index contributed by atoms with van der Waals surface area (Å²) in [5.74, 6) is -0.246. The Bertz CT molecular complexity index is 619. The Hall–Kier alpha value is -2.30. The molecule has 1 heterocycles. The summed E-state index contributed by atoms with van der Waals surface area (Å²) < 4.78 is 0. The summed E-state index contributed by atoms with van der Waals surface area (Å²) >= 11 is 0. The van der Waals surface area contributed by atoms with E-state index in [2.05, 4.69) is 15.6 Å². The lowest BCUT2D eigenvalue weighted by Gasteiger charge is -2.05. The standard InChI is InChI=1S/C16H21N3O2/c1-2-9-17-16(21)11-19-15(20)8-7-12-10-18-14-6-4-3-5-13(12)14/h3-6,10,18H,2,7-9,11H2,1H3,(H,17,21)(H,19,20). The summed E-state index contributed by atoms with van der Waals surface area (Å²) in [6.07, 6.45) is 3.86. The molecule has 0 fully saturated rings. The first-order chi connectivity index (χ1) is 10.2. The van der Waals surface area contributed by atoms with Crippen LogP contribution >= 0.6 is 0 Å².